The quantitative estimate of drug-likeness (QED) is 0.620. The molecule has 0 aromatic heterocycles. The average Bonchev–Trinajstić information content (AvgIpc) is 2.58. The zero-order valence-electron chi connectivity index (χ0n) is 13.1. The Kier molecular flexibility index (Phi) is 5.21. The van der Waals surface area contributed by atoms with Gasteiger partial charge in [-0.05, 0) is 41.5 Å². The molecule has 0 amide bonds. The van der Waals surface area contributed by atoms with E-state index < -0.39 is 0 Å². The van der Waals surface area contributed by atoms with E-state index in [9.17, 15) is 9.65 Å². The van der Waals surface area contributed by atoms with Gasteiger partial charge in [-0.15, -0.1) is 0 Å². The Balaban J connectivity index is 2.56. The summed E-state index contributed by atoms with van der Waals surface area (Å²) in [6, 6.07) is 11.5. The summed E-state index contributed by atoms with van der Waals surface area (Å²) < 4.78 is 29.1. The zero-order chi connectivity index (χ0) is 16.8. The molecule has 0 atom stereocenters. The first-order chi connectivity index (χ1) is 11.1. The number of hydrogen-bond acceptors (Lipinski definition) is 4. The van der Waals surface area contributed by atoms with Gasteiger partial charge in [0.25, 0.3) is 0 Å². The van der Waals surface area contributed by atoms with E-state index in [1.807, 2.05) is 0 Å². The van der Waals surface area contributed by atoms with Crippen LogP contribution in [0.2, 0.25) is 0 Å². The molecular formula is C18H16FNO3. The SMILES string of the molecule is COc1cc(/C(C#N)=C/c2cccc(F)c2)cc(OC)c1OC. The summed E-state index contributed by atoms with van der Waals surface area (Å²) >= 11 is 0. The molecule has 0 saturated heterocycles. The highest BCUT2D eigenvalue weighted by Gasteiger charge is 2.15. The van der Waals surface area contributed by atoms with Gasteiger partial charge in [0, 0.05) is 0 Å². The lowest BCUT2D eigenvalue weighted by atomic mass is 10.0. The molecular weight excluding hydrogens is 297 g/mol. The van der Waals surface area contributed by atoms with Crippen LogP contribution in [0.3, 0.4) is 0 Å². The predicted octanol–water partition coefficient (Wildman–Crippen LogP) is 3.92. The van der Waals surface area contributed by atoms with Gasteiger partial charge in [0.05, 0.1) is 33.0 Å². The normalized spacial score (nSPS) is 10.8. The van der Waals surface area contributed by atoms with E-state index in [2.05, 4.69) is 6.07 Å². The molecule has 23 heavy (non-hydrogen) atoms. The lowest BCUT2D eigenvalue weighted by Crippen LogP contribution is -1.96. The van der Waals surface area contributed by atoms with Crippen molar-refractivity contribution in [1.29, 1.82) is 5.26 Å². The largest absolute Gasteiger partial charge is 0.493 e. The van der Waals surface area contributed by atoms with E-state index in [4.69, 9.17) is 14.2 Å². The first-order valence-electron chi connectivity index (χ1n) is 6.80. The Hall–Kier alpha value is -3.00. The van der Waals surface area contributed by atoms with Crippen molar-refractivity contribution in [3.05, 3.63) is 53.3 Å². The van der Waals surface area contributed by atoms with Crippen LogP contribution in [0.4, 0.5) is 4.39 Å². The maximum atomic E-state index is 13.3. The topological polar surface area (TPSA) is 51.5 Å². The highest BCUT2D eigenvalue weighted by atomic mass is 19.1. The highest BCUT2D eigenvalue weighted by molar-refractivity contribution is 5.90. The van der Waals surface area contributed by atoms with Crippen LogP contribution in [0.5, 0.6) is 17.2 Å². The van der Waals surface area contributed by atoms with Crippen LogP contribution in [0, 0.1) is 17.1 Å². The molecule has 2 rings (SSSR count). The van der Waals surface area contributed by atoms with E-state index in [0.717, 1.165) is 0 Å². The fraction of sp³-hybridized carbons (Fsp3) is 0.167. The summed E-state index contributed by atoms with van der Waals surface area (Å²) in [5.74, 6) is 0.979. The minimum absolute atomic E-state index is 0.356. The number of methoxy groups -OCH3 is 3. The van der Waals surface area contributed by atoms with Gasteiger partial charge < -0.3 is 14.2 Å². The van der Waals surface area contributed by atoms with Crippen molar-refractivity contribution in [2.24, 2.45) is 0 Å². The molecule has 0 unspecified atom stereocenters. The van der Waals surface area contributed by atoms with Crippen molar-refractivity contribution in [3.63, 3.8) is 0 Å². The molecule has 0 spiro atoms. The second-order valence-corrected chi connectivity index (χ2v) is 4.64. The second-order valence-electron chi connectivity index (χ2n) is 4.64. The van der Waals surface area contributed by atoms with Crippen molar-refractivity contribution in [2.75, 3.05) is 21.3 Å². The smallest absolute Gasteiger partial charge is 0.203 e. The highest BCUT2D eigenvalue weighted by Crippen LogP contribution is 2.40. The molecule has 2 aromatic carbocycles. The molecule has 5 heteroatoms. The van der Waals surface area contributed by atoms with Crippen LogP contribution in [0.1, 0.15) is 11.1 Å². The third-order valence-corrected chi connectivity index (χ3v) is 3.26. The third kappa shape index (κ3) is 3.61. The first-order valence-corrected chi connectivity index (χ1v) is 6.80. The van der Waals surface area contributed by atoms with Gasteiger partial charge in [0.1, 0.15) is 5.82 Å². The van der Waals surface area contributed by atoms with Crippen molar-refractivity contribution < 1.29 is 18.6 Å². The summed E-state index contributed by atoms with van der Waals surface area (Å²) in [6.07, 6.45) is 1.60. The third-order valence-electron chi connectivity index (χ3n) is 3.26. The summed E-state index contributed by atoms with van der Waals surface area (Å²) in [5.41, 5.74) is 1.54. The Morgan fingerprint density at radius 2 is 1.70 bits per heavy atom. The molecule has 4 nitrogen and oxygen atoms in total. The van der Waals surface area contributed by atoms with Crippen LogP contribution in [0.25, 0.3) is 11.6 Å². The Morgan fingerprint density at radius 1 is 1.04 bits per heavy atom. The number of rotatable bonds is 5. The van der Waals surface area contributed by atoms with Gasteiger partial charge in [-0.3, -0.25) is 0 Å². The van der Waals surface area contributed by atoms with Gasteiger partial charge in [0.15, 0.2) is 11.5 Å². The molecule has 0 bridgehead atoms. The zero-order valence-corrected chi connectivity index (χ0v) is 13.1. The van der Waals surface area contributed by atoms with Gasteiger partial charge in [-0.1, -0.05) is 12.1 Å². The van der Waals surface area contributed by atoms with Crippen molar-refractivity contribution in [3.8, 4) is 23.3 Å². The number of hydrogen-bond donors (Lipinski definition) is 0. The second kappa shape index (κ2) is 7.32. The van der Waals surface area contributed by atoms with E-state index in [1.165, 1.54) is 33.5 Å². The van der Waals surface area contributed by atoms with Crippen LogP contribution < -0.4 is 14.2 Å². The van der Waals surface area contributed by atoms with E-state index in [-0.39, 0.29) is 5.82 Å². The molecule has 0 heterocycles. The Labute approximate surface area is 134 Å². The Morgan fingerprint density at radius 3 is 2.17 bits per heavy atom. The standard InChI is InChI=1S/C18H16FNO3/c1-21-16-9-13(10-17(22-2)18(16)23-3)14(11-20)7-12-5-4-6-15(19)8-12/h4-10H,1-3H3/b14-7+. The fourth-order valence-electron chi connectivity index (χ4n) is 2.18. The summed E-state index contributed by atoms with van der Waals surface area (Å²) in [5, 5.41) is 9.44. The fourth-order valence-corrected chi connectivity index (χ4v) is 2.18. The molecule has 0 N–H and O–H groups in total. The van der Waals surface area contributed by atoms with Crippen LogP contribution >= 0.6 is 0 Å². The van der Waals surface area contributed by atoms with E-state index in [1.54, 1.807) is 30.3 Å². The van der Waals surface area contributed by atoms with Crippen molar-refractivity contribution in [1.82, 2.24) is 0 Å². The average molecular weight is 313 g/mol. The van der Waals surface area contributed by atoms with Crippen LogP contribution in [-0.4, -0.2) is 21.3 Å². The van der Waals surface area contributed by atoms with E-state index >= 15 is 0 Å². The van der Waals surface area contributed by atoms with E-state index in [0.29, 0.717) is 33.9 Å². The maximum Gasteiger partial charge on any atom is 0.203 e. The molecule has 0 aliphatic carbocycles. The monoisotopic (exact) mass is 313 g/mol. The number of halogens is 1. The molecule has 118 valence electrons. The summed E-state index contributed by atoms with van der Waals surface area (Å²) in [6.45, 7) is 0. The lowest BCUT2D eigenvalue weighted by Gasteiger charge is -2.13. The number of allylic oxidation sites excluding steroid dienone is 1. The molecule has 0 aliphatic heterocycles. The first kappa shape index (κ1) is 16.4. The van der Waals surface area contributed by atoms with Crippen molar-refractivity contribution >= 4 is 11.6 Å². The summed E-state index contributed by atoms with van der Waals surface area (Å²) in [7, 11) is 4.51. The van der Waals surface area contributed by atoms with Crippen LogP contribution in [0.15, 0.2) is 36.4 Å². The molecule has 0 aliphatic rings. The molecule has 0 saturated carbocycles. The Bertz CT molecular complexity index is 753. The number of nitriles is 1. The van der Waals surface area contributed by atoms with Crippen molar-refractivity contribution in [2.45, 2.75) is 0 Å². The molecule has 0 radical (unpaired) electrons. The number of benzene rings is 2. The minimum atomic E-state index is -0.360. The number of nitrogens with zero attached hydrogens (tertiary/aromatic N) is 1. The lowest BCUT2D eigenvalue weighted by molar-refractivity contribution is 0.324. The molecule has 0 fully saturated rings. The van der Waals surface area contributed by atoms with Crippen LogP contribution in [-0.2, 0) is 0 Å². The molecule has 2 aromatic rings. The number of ether oxygens (including phenoxy) is 3. The predicted molar refractivity (Wildman–Crippen MR) is 86.0 cm³/mol. The van der Waals surface area contributed by atoms with Gasteiger partial charge in [-0.2, -0.15) is 5.26 Å². The maximum absolute atomic E-state index is 13.3. The van der Waals surface area contributed by atoms with Gasteiger partial charge >= 0.3 is 0 Å². The summed E-state index contributed by atoms with van der Waals surface area (Å²) in [4.78, 5) is 0. The minimum Gasteiger partial charge on any atom is -0.493 e. The van der Waals surface area contributed by atoms with Gasteiger partial charge in [0.2, 0.25) is 5.75 Å². The van der Waals surface area contributed by atoms with Gasteiger partial charge in [-0.25, -0.2) is 4.39 Å².